The number of phenolic OH excluding ortho intramolecular Hbond substituents is 1. The number of rotatable bonds is 4. The molecule has 4 rings (SSSR count). The summed E-state index contributed by atoms with van der Waals surface area (Å²) in [6.45, 7) is 3.15. The molecule has 1 atom stereocenters. The topological polar surface area (TPSA) is 50.5 Å². The minimum atomic E-state index is -0.0166. The molecule has 2 heterocycles. The second-order valence-electron chi connectivity index (χ2n) is 6.28. The lowest BCUT2D eigenvalue weighted by molar-refractivity contribution is -0.0333. The van der Waals surface area contributed by atoms with Crippen molar-refractivity contribution in [2.45, 2.75) is 12.6 Å². The van der Waals surface area contributed by atoms with Crippen LogP contribution in [0, 0.1) is 0 Å². The van der Waals surface area contributed by atoms with Crippen LogP contribution in [-0.2, 0) is 11.3 Å². The van der Waals surface area contributed by atoms with Gasteiger partial charge in [-0.2, -0.15) is 5.10 Å². The maximum atomic E-state index is 9.67. The van der Waals surface area contributed by atoms with E-state index in [1.165, 1.54) is 0 Å². The molecule has 1 aromatic heterocycles. The predicted molar refractivity (Wildman–Crippen MR) is 95.6 cm³/mol. The molecule has 0 bridgehead atoms. The summed E-state index contributed by atoms with van der Waals surface area (Å²) >= 11 is 0. The molecule has 0 radical (unpaired) electrons. The van der Waals surface area contributed by atoms with Crippen LogP contribution in [0.2, 0.25) is 0 Å². The lowest BCUT2D eigenvalue weighted by atomic mass is 10.1. The number of hydrogen-bond acceptors (Lipinski definition) is 4. The number of aromatic nitrogens is 2. The number of morpholine rings is 1. The van der Waals surface area contributed by atoms with Crippen LogP contribution in [0.15, 0.2) is 66.9 Å². The Balaban J connectivity index is 1.43. The van der Waals surface area contributed by atoms with Crippen molar-refractivity contribution in [3.05, 3.63) is 78.1 Å². The third-order valence-corrected chi connectivity index (χ3v) is 4.44. The van der Waals surface area contributed by atoms with Gasteiger partial charge in [-0.05, 0) is 35.9 Å². The second-order valence-corrected chi connectivity index (χ2v) is 6.28. The number of benzene rings is 2. The fourth-order valence-corrected chi connectivity index (χ4v) is 3.17. The van der Waals surface area contributed by atoms with Crippen molar-refractivity contribution in [1.29, 1.82) is 0 Å². The van der Waals surface area contributed by atoms with Gasteiger partial charge < -0.3 is 9.84 Å². The van der Waals surface area contributed by atoms with E-state index in [4.69, 9.17) is 4.74 Å². The van der Waals surface area contributed by atoms with Crippen LogP contribution in [0.3, 0.4) is 0 Å². The summed E-state index contributed by atoms with van der Waals surface area (Å²) in [5.74, 6) is 0.278. The monoisotopic (exact) mass is 335 g/mol. The van der Waals surface area contributed by atoms with Crippen molar-refractivity contribution in [3.63, 3.8) is 0 Å². The molecule has 0 saturated carbocycles. The third-order valence-electron chi connectivity index (χ3n) is 4.44. The maximum absolute atomic E-state index is 9.67. The summed E-state index contributed by atoms with van der Waals surface area (Å²) in [5.41, 5.74) is 3.12. The molecule has 0 amide bonds. The van der Waals surface area contributed by atoms with Gasteiger partial charge in [0.05, 0.1) is 24.1 Å². The zero-order valence-corrected chi connectivity index (χ0v) is 14.0. The van der Waals surface area contributed by atoms with Gasteiger partial charge in [-0.1, -0.05) is 30.3 Å². The van der Waals surface area contributed by atoms with Crippen molar-refractivity contribution < 1.29 is 9.84 Å². The summed E-state index contributed by atoms with van der Waals surface area (Å²) in [6, 6.07) is 19.5. The van der Waals surface area contributed by atoms with Crippen molar-refractivity contribution in [1.82, 2.24) is 14.7 Å². The molecule has 5 heteroatoms. The fraction of sp³-hybridized carbons (Fsp3) is 0.250. The molecule has 1 aliphatic heterocycles. The largest absolute Gasteiger partial charge is 0.508 e. The molecule has 0 aliphatic carbocycles. The van der Waals surface area contributed by atoms with E-state index in [9.17, 15) is 5.11 Å². The van der Waals surface area contributed by atoms with Gasteiger partial charge in [0.1, 0.15) is 5.75 Å². The first-order chi connectivity index (χ1) is 12.3. The lowest BCUT2D eigenvalue weighted by Crippen LogP contribution is -2.37. The maximum Gasteiger partial charge on any atom is 0.115 e. The van der Waals surface area contributed by atoms with Crippen LogP contribution >= 0.6 is 0 Å². The van der Waals surface area contributed by atoms with E-state index >= 15 is 0 Å². The number of nitrogens with zero attached hydrogens (tertiary/aromatic N) is 3. The van der Waals surface area contributed by atoms with Crippen LogP contribution in [0.25, 0.3) is 5.69 Å². The molecule has 1 aliphatic rings. The van der Waals surface area contributed by atoms with E-state index in [0.717, 1.165) is 36.6 Å². The molecule has 1 N–H and O–H groups in total. The van der Waals surface area contributed by atoms with Gasteiger partial charge in [-0.15, -0.1) is 0 Å². The lowest BCUT2D eigenvalue weighted by Gasteiger charge is -2.32. The van der Waals surface area contributed by atoms with E-state index < -0.39 is 0 Å². The predicted octanol–water partition coefficient (Wildman–Crippen LogP) is 3.15. The summed E-state index contributed by atoms with van der Waals surface area (Å²) in [5, 5.41) is 14.4. The second kappa shape index (κ2) is 7.09. The van der Waals surface area contributed by atoms with Gasteiger partial charge in [0, 0.05) is 25.8 Å². The van der Waals surface area contributed by atoms with Crippen LogP contribution in [0.1, 0.15) is 17.4 Å². The van der Waals surface area contributed by atoms with E-state index in [2.05, 4.69) is 16.1 Å². The average molecular weight is 335 g/mol. The Bertz CT molecular complexity index is 832. The minimum absolute atomic E-state index is 0.0166. The quantitative estimate of drug-likeness (QED) is 0.796. The minimum Gasteiger partial charge on any atom is -0.508 e. The number of phenols is 1. The zero-order chi connectivity index (χ0) is 17.1. The fourth-order valence-electron chi connectivity index (χ4n) is 3.17. The van der Waals surface area contributed by atoms with Gasteiger partial charge in [0.25, 0.3) is 0 Å². The first-order valence-electron chi connectivity index (χ1n) is 8.51. The molecular formula is C20H21N3O2. The molecule has 1 saturated heterocycles. The Morgan fingerprint density at radius 1 is 1.08 bits per heavy atom. The molecule has 5 nitrogen and oxygen atoms in total. The summed E-state index contributed by atoms with van der Waals surface area (Å²) in [7, 11) is 0. The normalized spacial score (nSPS) is 18.3. The molecule has 0 spiro atoms. The molecule has 3 aromatic rings. The van der Waals surface area contributed by atoms with Crippen LogP contribution in [-0.4, -0.2) is 39.5 Å². The van der Waals surface area contributed by atoms with Crippen molar-refractivity contribution in [2.24, 2.45) is 0 Å². The Morgan fingerprint density at radius 3 is 2.80 bits per heavy atom. The van der Waals surface area contributed by atoms with E-state index in [1.54, 1.807) is 12.1 Å². The summed E-state index contributed by atoms with van der Waals surface area (Å²) < 4.78 is 7.79. The Morgan fingerprint density at radius 2 is 1.96 bits per heavy atom. The van der Waals surface area contributed by atoms with Gasteiger partial charge in [0.15, 0.2) is 0 Å². The van der Waals surface area contributed by atoms with Gasteiger partial charge in [-0.25, -0.2) is 4.68 Å². The number of para-hydroxylation sites is 1. The Labute approximate surface area is 147 Å². The molecule has 25 heavy (non-hydrogen) atoms. The van der Waals surface area contributed by atoms with Crippen molar-refractivity contribution in [3.8, 4) is 11.4 Å². The number of ether oxygens (including phenoxy) is 1. The standard InChI is InChI=1S/C20H21N3O2/c24-19-8-4-5-16(13-19)20-15-22(11-12-25-20)14-17-9-10-23(21-17)18-6-2-1-3-7-18/h1-10,13,20,24H,11-12,14-15H2/t20-/m1/s1. The smallest absolute Gasteiger partial charge is 0.115 e. The van der Waals surface area contributed by atoms with Crippen molar-refractivity contribution >= 4 is 0 Å². The molecular weight excluding hydrogens is 314 g/mol. The summed E-state index contributed by atoms with van der Waals surface area (Å²) in [4.78, 5) is 2.34. The Hall–Kier alpha value is -2.63. The van der Waals surface area contributed by atoms with Crippen molar-refractivity contribution in [2.75, 3.05) is 19.7 Å². The molecule has 0 unspecified atom stereocenters. The molecule has 128 valence electrons. The highest BCUT2D eigenvalue weighted by Gasteiger charge is 2.22. The first-order valence-corrected chi connectivity index (χ1v) is 8.51. The Kier molecular flexibility index (Phi) is 4.50. The molecule has 1 fully saturated rings. The van der Waals surface area contributed by atoms with Gasteiger partial charge in [0.2, 0.25) is 0 Å². The van der Waals surface area contributed by atoms with E-state index in [0.29, 0.717) is 6.61 Å². The van der Waals surface area contributed by atoms with Gasteiger partial charge >= 0.3 is 0 Å². The SMILES string of the molecule is Oc1cccc([C@H]2CN(Cc3ccn(-c4ccccc4)n3)CCO2)c1. The highest BCUT2D eigenvalue weighted by molar-refractivity contribution is 5.31. The highest BCUT2D eigenvalue weighted by atomic mass is 16.5. The van der Waals surface area contributed by atoms with Crippen LogP contribution in [0.5, 0.6) is 5.75 Å². The van der Waals surface area contributed by atoms with E-state index in [1.807, 2.05) is 53.3 Å². The van der Waals surface area contributed by atoms with Crippen LogP contribution in [0.4, 0.5) is 0 Å². The number of hydrogen-bond donors (Lipinski definition) is 1. The third kappa shape index (κ3) is 3.73. The van der Waals surface area contributed by atoms with Gasteiger partial charge in [-0.3, -0.25) is 4.90 Å². The first kappa shape index (κ1) is 15.9. The average Bonchev–Trinajstić information content (AvgIpc) is 3.11. The number of aromatic hydroxyl groups is 1. The molecule has 2 aromatic carbocycles. The van der Waals surface area contributed by atoms with E-state index in [-0.39, 0.29) is 11.9 Å². The zero-order valence-electron chi connectivity index (χ0n) is 14.0. The highest BCUT2D eigenvalue weighted by Crippen LogP contribution is 2.25. The summed E-state index contributed by atoms with van der Waals surface area (Å²) in [6.07, 6.45) is 1.98. The van der Waals surface area contributed by atoms with Crippen LogP contribution < -0.4 is 0 Å².